The van der Waals surface area contributed by atoms with Crippen LogP contribution in [-0.4, -0.2) is 36.6 Å². The van der Waals surface area contributed by atoms with Gasteiger partial charge in [-0.3, -0.25) is 0 Å². The molecule has 0 aliphatic carbocycles. The van der Waals surface area contributed by atoms with Crippen molar-refractivity contribution in [2.45, 2.75) is 12.7 Å². The van der Waals surface area contributed by atoms with E-state index in [1.165, 1.54) is 5.56 Å². The summed E-state index contributed by atoms with van der Waals surface area (Å²) >= 11 is 0. The Hall–Kier alpha value is -1.72. The van der Waals surface area contributed by atoms with E-state index in [4.69, 9.17) is 14.6 Å². The highest BCUT2D eigenvalue weighted by Crippen LogP contribution is 2.34. The second-order valence-electron chi connectivity index (χ2n) is 6.07. The van der Waals surface area contributed by atoms with Crippen LogP contribution in [-0.2, 0) is 9.47 Å². The van der Waals surface area contributed by atoms with Crippen LogP contribution in [0.2, 0.25) is 0 Å². The molecule has 0 bridgehead atoms. The molecule has 1 saturated heterocycles. The topological polar surface area (TPSA) is 58.9 Å². The zero-order chi connectivity index (χ0) is 16.1. The van der Waals surface area contributed by atoms with Gasteiger partial charge in [0, 0.05) is 17.6 Å². The Morgan fingerprint density at radius 2 is 1.48 bits per heavy atom. The van der Waals surface area contributed by atoms with Crippen molar-refractivity contribution in [3.8, 4) is 11.1 Å². The molecule has 1 aliphatic rings. The van der Waals surface area contributed by atoms with Gasteiger partial charge >= 0.3 is 0 Å². The zero-order valence-corrected chi connectivity index (χ0v) is 13.0. The minimum atomic E-state index is -0.491. The van der Waals surface area contributed by atoms with Crippen LogP contribution < -0.4 is 0 Å². The molecule has 2 N–H and O–H groups in total. The summed E-state index contributed by atoms with van der Waals surface area (Å²) in [6, 6.07) is 18.3. The van der Waals surface area contributed by atoms with Gasteiger partial charge in [0.25, 0.3) is 0 Å². The minimum Gasteiger partial charge on any atom is -0.396 e. The fourth-order valence-corrected chi connectivity index (χ4v) is 2.80. The summed E-state index contributed by atoms with van der Waals surface area (Å²) in [7, 11) is 0. The van der Waals surface area contributed by atoms with Gasteiger partial charge < -0.3 is 19.7 Å². The smallest absolute Gasteiger partial charge is 0.183 e. The van der Waals surface area contributed by atoms with Gasteiger partial charge in [-0.15, -0.1) is 0 Å². The summed E-state index contributed by atoms with van der Waals surface area (Å²) in [5, 5.41) is 18.6. The zero-order valence-electron chi connectivity index (χ0n) is 13.0. The van der Waals surface area contributed by atoms with E-state index in [9.17, 15) is 5.11 Å². The van der Waals surface area contributed by atoms with Crippen LogP contribution in [0.3, 0.4) is 0 Å². The standard InChI is InChI=1S/C19H22O4/c20-11-10-19(12-21)13-22-18(23-14-19)17-8-6-16(7-9-17)15-4-2-1-3-5-15/h1-9,18,20-21H,10-14H2. The molecule has 2 aromatic carbocycles. The summed E-state index contributed by atoms with van der Waals surface area (Å²) in [5.41, 5.74) is 2.79. The first-order valence-electron chi connectivity index (χ1n) is 7.87. The van der Waals surface area contributed by atoms with Crippen molar-refractivity contribution in [3.63, 3.8) is 0 Å². The van der Waals surface area contributed by atoms with Crippen molar-refractivity contribution >= 4 is 0 Å². The average Bonchev–Trinajstić information content (AvgIpc) is 2.63. The first kappa shape index (κ1) is 16.1. The number of ether oxygens (including phenoxy) is 2. The van der Waals surface area contributed by atoms with Crippen LogP contribution >= 0.6 is 0 Å². The van der Waals surface area contributed by atoms with Crippen molar-refractivity contribution in [1.29, 1.82) is 0 Å². The molecule has 0 spiro atoms. The number of rotatable bonds is 5. The molecule has 0 amide bonds. The summed E-state index contributed by atoms with van der Waals surface area (Å²) in [5.74, 6) is 0. The third kappa shape index (κ3) is 3.62. The Morgan fingerprint density at radius 1 is 0.870 bits per heavy atom. The van der Waals surface area contributed by atoms with E-state index < -0.39 is 11.7 Å². The van der Waals surface area contributed by atoms with E-state index in [1.807, 2.05) is 30.3 Å². The van der Waals surface area contributed by atoms with Crippen LogP contribution in [0, 0.1) is 5.41 Å². The van der Waals surface area contributed by atoms with Crippen LogP contribution in [0.15, 0.2) is 54.6 Å². The molecule has 1 fully saturated rings. The predicted molar refractivity (Wildman–Crippen MR) is 87.7 cm³/mol. The van der Waals surface area contributed by atoms with Gasteiger partial charge in [0.2, 0.25) is 0 Å². The molecule has 0 saturated carbocycles. The highest BCUT2D eigenvalue weighted by Gasteiger charge is 2.36. The van der Waals surface area contributed by atoms with E-state index >= 15 is 0 Å². The lowest BCUT2D eigenvalue weighted by molar-refractivity contribution is -0.244. The Morgan fingerprint density at radius 3 is 2.04 bits per heavy atom. The van der Waals surface area contributed by atoms with Gasteiger partial charge in [0.15, 0.2) is 6.29 Å². The maximum Gasteiger partial charge on any atom is 0.183 e. The number of benzene rings is 2. The Labute approximate surface area is 136 Å². The lowest BCUT2D eigenvalue weighted by atomic mass is 9.87. The van der Waals surface area contributed by atoms with Gasteiger partial charge in [0.05, 0.1) is 19.8 Å². The fraction of sp³-hybridized carbons (Fsp3) is 0.368. The molecule has 122 valence electrons. The fourth-order valence-electron chi connectivity index (χ4n) is 2.80. The van der Waals surface area contributed by atoms with Crippen LogP contribution in [0.25, 0.3) is 11.1 Å². The molecular formula is C19H22O4. The number of hydrogen-bond acceptors (Lipinski definition) is 4. The molecule has 2 aromatic rings. The van der Waals surface area contributed by atoms with E-state index in [1.54, 1.807) is 0 Å². The quantitative estimate of drug-likeness (QED) is 0.891. The largest absolute Gasteiger partial charge is 0.396 e. The lowest BCUT2D eigenvalue weighted by Crippen LogP contribution is -2.42. The third-order valence-corrected chi connectivity index (χ3v) is 4.35. The monoisotopic (exact) mass is 314 g/mol. The van der Waals surface area contributed by atoms with Gasteiger partial charge in [-0.05, 0) is 17.5 Å². The molecular weight excluding hydrogens is 292 g/mol. The molecule has 4 nitrogen and oxygen atoms in total. The molecule has 0 atom stereocenters. The number of aliphatic hydroxyl groups excluding tert-OH is 2. The first-order valence-corrected chi connectivity index (χ1v) is 7.87. The van der Waals surface area contributed by atoms with Crippen LogP contribution in [0.4, 0.5) is 0 Å². The molecule has 1 aliphatic heterocycles. The lowest BCUT2D eigenvalue weighted by Gasteiger charge is -2.38. The van der Waals surface area contributed by atoms with E-state index in [2.05, 4.69) is 24.3 Å². The van der Waals surface area contributed by atoms with Crippen LogP contribution in [0.1, 0.15) is 18.3 Å². The number of hydrogen-bond donors (Lipinski definition) is 2. The molecule has 0 unspecified atom stereocenters. The molecule has 3 rings (SSSR count). The summed E-state index contributed by atoms with van der Waals surface area (Å²) in [4.78, 5) is 0. The maximum absolute atomic E-state index is 9.52. The van der Waals surface area contributed by atoms with Crippen LogP contribution in [0.5, 0.6) is 0 Å². The predicted octanol–water partition coefficient (Wildman–Crippen LogP) is 2.76. The van der Waals surface area contributed by atoms with E-state index in [0.717, 1.165) is 11.1 Å². The molecule has 23 heavy (non-hydrogen) atoms. The van der Waals surface area contributed by atoms with Gasteiger partial charge in [-0.25, -0.2) is 0 Å². The highest BCUT2D eigenvalue weighted by molar-refractivity contribution is 5.63. The van der Waals surface area contributed by atoms with Crippen molar-refractivity contribution < 1.29 is 19.7 Å². The van der Waals surface area contributed by atoms with Crippen molar-refractivity contribution in [2.24, 2.45) is 5.41 Å². The molecule has 0 aromatic heterocycles. The Kier molecular flexibility index (Phi) is 5.08. The average molecular weight is 314 g/mol. The normalized spacial score (nSPS) is 24.5. The molecule has 4 heteroatoms. The second-order valence-corrected chi connectivity index (χ2v) is 6.07. The Bertz CT molecular complexity index is 601. The Balaban J connectivity index is 1.67. The maximum atomic E-state index is 9.52. The summed E-state index contributed by atoms with van der Waals surface area (Å²) in [6.07, 6.45) is 0.0570. The third-order valence-electron chi connectivity index (χ3n) is 4.35. The number of aliphatic hydroxyl groups is 2. The minimum absolute atomic E-state index is 0.0176. The van der Waals surface area contributed by atoms with Gasteiger partial charge in [-0.2, -0.15) is 0 Å². The van der Waals surface area contributed by atoms with Gasteiger partial charge in [-0.1, -0.05) is 54.6 Å². The highest BCUT2D eigenvalue weighted by atomic mass is 16.7. The molecule has 0 radical (unpaired) electrons. The van der Waals surface area contributed by atoms with E-state index in [0.29, 0.717) is 19.6 Å². The van der Waals surface area contributed by atoms with Crippen molar-refractivity contribution in [3.05, 3.63) is 60.2 Å². The van der Waals surface area contributed by atoms with E-state index in [-0.39, 0.29) is 13.2 Å². The SMILES string of the molecule is OCCC1(CO)COC(c2ccc(-c3ccccc3)cc2)OC1. The molecule has 1 heterocycles. The summed E-state index contributed by atoms with van der Waals surface area (Å²) in [6.45, 7) is 0.737. The van der Waals surface area contributed by atoms with Crippen molar-refractivity contribution in [2.75, 3.05) is 26.4 Å². The first-order chi connectivity index (χ1) is 11.3. The van der Waals surface area contributed by atoms with Crippen molar-refractivity contribution in [1.82, 2.24) is 0 Å². The summed E-state index contributed by atoms with van der Waals surface area (Å²) < 4.78 is 11.6. The van der Waals surface area contributed by atoms with Gasteiger partial charge in [0.1, 0.15) is 0 Å². The second kappa shape index (κ2) is 7.23.